The maximum absolute atomic E-state index is 12.9. The lowest BCUT2D eigenvalue weighted by molar-refractivity contribution is -0.113. The second-order valence-corrected chi connectivity index (χ2v) is 12.3. The third-order valence-electron chi connectivity index (χ3n) is 5.84. The molecule has 0 atom stereocenters. The molecule has 0 aliphatic rings. The van der Waals surface area contributed by atoms with Crippen molar-refractivity contribution in [3.05, 3.63) is 89.4 Å². The van der Waals surface area contributed by atoms with Crippen LogP contribution < -0.4 is 19.5 Å². The lowest BCUT2D eigenvalue weighted by atomic mass is 10.2. The molecular weight excluding hydrogens is 658 g/mol. The van der Waals surface area contributed by atoms with Crippen LogP contribution in [-0.4, -0.2) is 59.0 Å². The number of nitrogens with zero attached hydrogens (tertiary/aromatic N) is 5. The number of carbonyl (C=O) groups is 1. The van der Waals surface area contributed by atoms with E-state index in [-0.39, 0.29) is 34.3 Å². The van der Waals surface area contributed by atoms with E-state index < -0.39 is 10.0 Å². The number of aromatic nitrogens is 5. The summed E-state index contributed by atoms with van der Waals surface area (Å²) in [6, 6.07) is 24.4. The first kappa shape index (κ1) is 30.0. The third-order valence-corrected chi connectivity index (χ3v) is 8.67. The first-order chi connectivity index (χ1) is 20.8. The molecule has 3 aromatic carbocycles. The van der Waals surface area contributed by atoms with Gasteiger partial charge >= 0.3 is 6.01 Å². The number of sulfonamides is 1. The molecule has 5 aromatic rings. The molecule has 0 aliphatic carbocycles. The lowest BCUT2D eigenvalue weighted by Crippen LogP contribution is -2.16. The summed E-state index contributed by atoms with van der Waals surface area (Å²) in [5.41, 5.74) is 2.16. The highest BCUT2D eigenvalue weighted by atomic mass is 79.9. The summed E-state index contributed by atoms with van der Waals surface area (Å²) >= 11 is 4.69. The van der Waals surface area contributed by atoms with Crippen LogP contribution in [0.4, 0.5) is 11.5 Å². The predicted molar refractivity (Wildman–Crippen MR) is 166 cm³/mol. The van der Waals surface area contributed by atoms with Crippen LogP contribution in [-0.2, 0) is 14.8 Å². The molecule has 2 heterocycles. The van der Waals surface area contributed by atoms with Crippen LogP contribution in [0.3, 0.4) is 0 Å². The monoisotopic (exact) mass is 681 g/mol. The minimum atomic E-state index is -4.00. The molecular formula is C28H24BrN7O5S2. The molecule has 15 heteroatoms. The van der Waals surface area contributed by atoms with Crippen molar-refractivity contribution in [3.63, 3.8) is 0 Å². The number of hydrogen-bond donors (Lipinski definition) is 2. The van der Waals surface area contributed by atoms with Crippen molar-refractivity contribution >= 4 is 55.1 Å². The normalized spacial score (nSPS) is 11.1. The van der Waals surface area contributed by atoms with Gasteiger partial charge in [-0.25, -0.2) is 8.42 Å². The minimum absolute atomic E-state index is 0.0234. The Morgan fingerprint density at radius 2 is 1.65 bits per heavy atom. The van der Waals surface area contributed by atoms with Crippen LogP contribution >= 0.6 is 27.7 Å². The van der Waals surface area contributed by atoms with Crippen molar-refractivity contribution in [2.24, 2.45) is 0 Å². The summed E-state index contributed by atoms with van der Waals surface area (Å²) in [6.45, 7) is 0. The van der Waals surface area contributed by atoms with Gasteiger partial charge in [-0.1, -0.05) is 58.0 Å². The minimum Gasteiger partial charge on any atom is -0.481 e. The predicted octanol–water partition coefficient (Wildman–Crippen LogP) is 5.04. The van der Waals surface area contributed by atoms with Gasteiger partial charge in [-0.3, -0.25) is 14.1 Å². The van der Waals surface area contributed by atoms with E-state index in [4.69, 9.17) is 9.47 Å². The van der Waals surface area contributed by atoms with E-state index in [9.17, 15) is 13.2 Å². The van der Waals surface area contributed by atoms with Gasteiger partial charge in [0.15, 0.2) is 16.8 Å². The summed E-state index contributed by atoms with van der Waals surface area (Å²) in [6.07, 6.45) is 0. The van der Waals surface area contributed by atoms with Crippen LogP contribution in [0.1, 0.15) is 0 Å². The summed E-state index contributed by atoms with van der Waals surface area (Å²) in [5.74, 6) is 0.499. The Bertz CT molecular complexity index is 1810. The standard InChI is InChI=1S/C28H24BrN7O5S2/c1-40-25-16-23(31-27(32-25)41-2)35-43(38,39)22-14-12-20(13-15-22)30-24(37)17-42-28-34-33-26(18-8-10-19(29)11-9-18)36(28)21-6-4-3-5-7-21/h3-16H,17H2,1-2H3,(H,30,37)(H,31,32,35). The highest BCUT2D eigenvalue weighted by Gasteiger charge is 2.19. The zero-order valence-electron chi connectivity index (χ0n) is 22.8. The zero-order valence-corrected chi connectivity index (χ0v) is 26.0. The first-order valence-electron chi connectivity index (χ1n) is 12.5. The molecule has 0 fully saturated rings. The number of anilines is 2. The van der Waals surface area contributed by atoms with Gasteiger partial charge in [-0.15, -0.1) is 10.2 Å². The fourth-order valence-electron chi connectivity index (χ4n) is 3.85. The van der Waals surface area contributed by atoms with Gasteiger partial charge in [-0.05, 0) is 48.5 Å². The molecule has 0 spiro atoms. The largest absolute Gasteiger partial charge is 0.481 e. The molecule has 2 aromatic heterocycles. The maximum Gasteiger partial charge on any atom is 0.321 e. The maximum atomic E-state index is 12.9. The van der Waals surface area contributed by atoms with Crippen molar-refractivity contribution in [1.82, 2.24) is 24.7 Å². The molecule has 12 nitrogen and oxygen atoms in total. The molecule has 0 saturated heterocycles. The smallest absolute Gasteiger partial charge is 0.321 e. The molecule has 0 radical (unpaired) electrons. The van der Waals surface area contributed by atoms with E-state index in [2.05, 4.69) is 46.1 Å². The Hall–Kier alpha value is -4.47. The second kappa shape index (κ2) is 13.2. The average molecular weight is 683 g/mol. The van der Waals surface area contributed by atoms with E-state index in [1.165, 1.54) is 56.3 Å². The number of thioether (sulfide) groups is 1. The van der Waals surface area contributed by atoms with Crippen molar-refractivity contribution in [2.45, 2.75) is 10.1 Å². The number of methoxy groups -OCH3 is 2. The Balaban J connectivity index is 1.26. The molecule has 5 rings (SSSR count). The summed E-state index contributed by atoms with van der Waals surface area (Å²) in [5, 5.41) is 12.1. The van der Waals surface area contributed by atoms with Crippen LogP contribution in [0.2, 0.25) is 0 Å². The number of nitrogens with one attached hydrogen (secondary N) is 2. The zero-order chi connectivity index (χ0) is 30.4. The Morgan fingerprint density at radius 1 is 0.930 bits per heavy atom. The van der Waals surface area contributed by atoms with Gasteiger partial charge in [0.2, 0.25) is 11.8 Å². The second-order valence-electron chi connectivity index (χ2n) is 8.73. The molecule has 220 valence electrons. The number of carbonyl (C=O) groups excluding carboxylic acids is 1. The van der Waals surface area contributed by atoms with Crippen molar-refractivity contribution in [1.29, 1.82) is 0 Å². The fraction of sp³-hybridized carbons (Fsp3) is 0.107. The fourth-order valence-corrected chi connectivity index (χ4v) is 5.86. The van der Waals surface area contributed by atoms with E-state index in [0.29, 0.717) is 16.7 Å². The van der Waals surface area contributed by atoms with E-state index >= 15 is 0 Å². The number of benzene rings is 3. The van der Waals surface area contributed by atoms with Gasteiger partial charge < -0.3 is 14.8 Å². The Kier molecular flexibility index (Phi) is 9.23. The quantitative estimate of drug-likeness (QED) is 0.182. The van der Waals surface area contributed by atoms with Crippen molar-refractivity contribution < 1.29 is 22.7 Å². The highest BCUT2D eigenvalue weighted by Crippen LogP contribution is 2.29. The summed E-state index contributed by atoms with van der Waals surface area (Å²) in [4.78, 5) is 20.7. The van der Waals surface area contributed by atoms with Gasteiger partial charge in [-0.2, -0.15) is 9.97 Å². The number of halogens is 1. The highest BCUT2D eigenvalue weighted by molar-refractivity contribution is 9.10. The van der Waals surface area contributed by atoms with Crippen LogP contribution in [0.5, 0.6) is 11.9 Å². The molecule has 0 aliphatic heterocycles. The molecule has 0 saturated carbocycles. The molecule has 0 bridgehead atoms. The van der Waals surface area contributed by atoms with Crippen LogP contribution in [0.15, 0.2) is 99.5 Å². The molecule has 2 N–H and O–H groups in total. The summed E-state index contributed by atoms with van der Waals surface area (Å²) < 4.78 is 41.1. The number of rotatable bonds is 11. The number of amides is 1. The molecule has 43 heavy (non-hydrogen) atoms. The topological polar surface area (TPSA) is 150 Å². The Morgan fingerprint density at radius 3 is 2.33 bits per heavy atom. The van der Waals surface area contributed by atoms with E-state index in [1.54, 1.807) is 0 Å². The Labute approximate surface area is 260 Å². The molecule has 0 unspecified atom stereocenters. The lowest BCUT2D eigenvalue weighted by Gasteiger charge is -2.11. The van der Waals surface area contributed by atoms with Gasteiger partial charge in [0.25, 0.3) is 10.0 Å². The number of ether oxygens (including phenoxy) is 2. The van der Waals surface area contributed by atoms with Crippen LogP contribution in [0.25, 0.3) is 17.1 Å². The van der Waals surface area contributed by atoms with Gasteiger partial charge in [0, 0.05) is 27.5 Å². The number of para-hydroxylation sites is 1. The third kappa shape index (κ3) is 7.31. The van der Waals surface area contributed by atoms with Crippen LogP contribution in [0, 0.1) is 0 Å². The average Bonchev–Trinajstić information content (AvgIpc) is 3.44. The number of hydrogen-bond acceptors (Lipinski definition) is 10. The SMILES string of the molecule is COc1cc(NS(=O)(=O)c2ccc(NC(=O)CSc3nnc(-c4ccc(Br)cc4)n3-c3ccccc3)cc2)nc(OC)n1. The van der Waals surface area contributed by atoms with Crippen molar-refractivity contribution in [2.75, 3.05) is 30.0 Å². The van der Waals surface area contributed by atoms with E-state index in [1.807, 2.05) is 59.2 Å². The first-order valence-corrected chi connectivity index (χ1v) is 15.8. The van der Waals surface area contributed by atoms with Gasteiger partial charge in [0.05, 0.1) is 24.9 Å². The van der Waals surface area contributed by atoms with E-state index in [0.717, 1.165) is 15.7 Å². The van der Waals surface area contributed by atoms with Gasteiger partial charge in [0.1, 0.15) is 0 Å². The molecule has 1 amide bonds. The van der Waals surface area contributed by atoms with Crippen molar-refractivity contribution in [3.8, 4) is 29.0 Å². The summed E-state index contributed by atoms with van der Waals surface area (Å²) in [7, 11) is -1.25.